The van der Waals surface area contributed by atoms with E-state index < -0.39 is 11.5 Å². The minimum atomic E-state index is -0.669. The molecule has 6 heteroatoms. The van der Waals surface area contributed by atoms with E-state index in [1.165, 1.54) is 13.2 Å². The van der Waals surface area contributed by atoms with Crippen LogP contribution in [0.5, 0.6) is 17.2 Å². The molecular weight excluding hydrogens is 396 g/mol. The number of carbonyl (C=O) groups excluding carboxylic acids is 1. The maximum atomic E-state index is 13.3. The van der Waals surface area contributed by atoms with Gasteiger partial charge in [0.05, 0.1) is 24.0 Å². The Morgan fingerprint density at radius 1 is 1.10 bits per heavy atom. The number of hydrogen-bond donors (Lipinski definition) is 1. The molecule has 1 atom stereocenters. The van der Waals surface area contributed by atoms with Gasteiger partial charge in [-0.15, -0.1) is 0 Å². The number of rotatable bonds is 2. The molecule has 6 nitrogen and oxygen atoms in total. The largest absolute Gasteiger partial charge is 0.504 e. The molecule has 1 aliphatic heterocycles. The van der Waals surface area contributed by atoms with Gasteiger partial charge in [-0.25, -0.2) is 4.79 Å². The number of aromatic hydroxyl groups is 1. The first kappa shape index (κ1) is 19.4. The lowest BCUT2D eigenvalue weighted by atomic mass is 9.70. The predicted octanol–water partition coefficient (Wildman–Crippen LogP) is 4.67. The van der Waals surface area contributed by atoms with Crippen molar-refractivity contribution in [2.45, 2.75) is 32.6 Å². The fourth-order valence-electron chi connectivity index (χ4n) is 4.66. The van der Waals surface area contributed by atoms with E-state index in [9.17, 15) is 14.7 Å². The molecule has 2 aromatic carbocycles. The summed E-state index contributed by atoms with van der Waals surface area (Å²) < 4.78 is 17.2. The van der Waals surface area contributed by atoms with E-state index in [-0.39, 0.29) is 22.7 Å². The lowest BCUT2D eigenvalue weighted by Gasteiger charge is -2.38. The third-order valence-corrected chi connectivity index (χ3v) is 6.02. The number of methoxy groups -OCH3 is 1. The van der Waals surface area contributed by atoms with Crippen LogP contribution in [0.1, 0.15) is 43.7 Å². The van der Waals surface area contributed by atoms with Crippen molar-refractivity contribution in [3.8, 4) is 17.2 Å². The maximum absolute atomic E-state index is 13.3. The average Bonchev–Trinajstić information content (AvgIpc) is 2.72. The number of ketones is 1. The van der Waals surface area contributed by atoms with E-state index in [4.69, 9.17) is 13.9 Å². The highest BCUT2D eigenvalue weighted by atomic mass is 16.5. The average molecular weight is 418 g/mol. The molecule has 0 amide bonds. The third-order valence-electron chi connectivity index (χ3n) is 6.02. The van der Waals surface area contributed by atoms with Gasteiger partial charge in [-0.2, -0.15) is 0 Å². The van der Waals surface area contributed by atoms with Crippen molar-refractivity contribution >= 4 is 16.8 Å². The van der Waals surface area contributed by atoms with Crippen LogP contribution in [0.2, 0.25) is 0 Å². The number of Topliss-reactive ketones (excluding diaryl/α,β-unsaturated/α-hetero) is 1. The SMILES string of the molecule is COc1cc(C2C3=C(CC(C)(C)CC3=O)Oc3c2c(=O)oc2ccccc32)ccc1O. The summed E-state index contributed by atoms with van der Waals surface area (Å²) in [7, 11) is 1.46. The molecule has 1 N–H and O–H groups in total. The van der Waals surface area contributed by atoms with Crippen LogP contribution in [-0.4, -0.2) is 18.0 Å². The number of ether oxygens (including phenoxy) is 2. The summed E-state index contributed by atoms with van der Waals surface area (Å²) in [5, 5.41) is 10.7. The Morgan fingerprint density at radius 3 is 2.65 bits per heavy atom. The topological polar surface area (TPSA) is 86.0 Å². The lowest BCUT2D eigenvalue weighted by Crippen LogP contribution is -2.34. The Morgan fingerprint density at radius 2 is 1.87 bits per heavy atom. The normalized spacial score (nSPS) is 19.6. The van der Waals surface area contributed by atoms with Crippen LogP contribution in [0.4, 0.5) is 0 Å². The van der Waals surface area contributed by atoms with Crippen molar-refractivity contribution in [1.82, 2.24) is 0 Å². The predicted molar refractivity (Wildman–Crippen MR) is 115 cm³/mol. The quantitative estimate of drug-likeness (QED) is 0.609. The van der Waals surface area contributed by atoms with Gasteiger partial charge in [0, 0.05) is 18.4 Å². The number of carbonyl (C=O) groups is 1. The molecule has 2 heterocycles. The third kappa shape index (κ3) is 3.02. The summed E-state index contributed by atoms with van der Waals surface area (Å²) in [6.07, 6.45) is 0.933. The maximum Gasteiger partial charge on any atom is 0.344 e. The lowest BCUT2D eigenvalue weighted by molar-refractivity contribution is -0.118. The second-order valence-electron chi connectivity index (χ2n) is 8.87. The van der Waals surface area contributed by atoms with E-state index in [0.29, 0.717) is 52.0 Å². The molecule has 31 heavy (non-hydrogen) atoms. The number of hydrogen-bond acceptors (Lipinski definition) is 6. The number of allylic oxidation sites excluding steroid dienone is 2. The molecule has 3 aromatic rings. The van der Waals surface area contributed by atoms with Crippen LogP contribution in [0.3, 0.4) is 0 Å². The Bertz CT molecular complexity index is 1330. The van der Waals surface area contributed by atoms with Gasteiger partial charge in [-0.1, -0.05) is 32.0 Å². The number of fused-ring (bicyclic) bond motifs is 3. The van der Waals surface area contributed by atoms with Gasteiger partial charge in [0.1, 0.15) is 17.1 Å². The van der Waals surface area contributed by atoms with Crippen molar-refractivity contribution in [2.75, 3.05) is 7.11 Å². The van der Waals surface area contributed by atoms with Crippen molar-refractivity contribution in [3.63, 3.8) is 0 Å². The second-order valence-corrected chi connectivity index (χ2v) is 8.87. The molecular formula is C25H22O6. The van der Waals surface area contributed by atoms with E-state index in [1.54, 1.807) is 24.3 Å². The van der Waals surface area contributed by atoms with Crippen LogP contribution >= 0.6 is 0 Å². The number of phenols is 1. The molecule has 0 spiro atoms. The monoisotopic (exact) mass is 418 g/mol. The summed E-state index contributed by atoms with van der Waals surface area (Å²) >= 11 is 0. The zero-order chi connectivity index (χ0) is 21.9. The standard InChI is InChI=1S/C25H22O6/c1-25(2)11-16(27)21-19(12-25)30-23-14-6-4-5-7-17(14)31-24(28)22(23)20(21)13-8-9-15(26)18(10-13)29-3/h4-10,20,26H,11-12H2,1-3H3. The molecule has 0 bridgehead atoms. The fraction of sp³-hybridized carbons (Fsp3) is 0.280. The smallest absolute Gasteiger partial charge is 0.344 e. The van der Waals surface area contributed by atoms with Gasteiger partial charge in [0.15, 0.2) is 17.3 Å². The number of phenolic OH excluding ortho intramolecular Hbond substituents is 1. The van der Waals surface area contributed by atoms with E-state index in [1.807, 2.05) is 26.0 Å². The molecule has 2 aliphatic rings. The van der Waals surface area contributed by atoms with Crippen LogP contribution < -0.4 is 15.1 Å². The van der Waals surface area contributed by atoms with Gasteiger partial charge >= 0.3 is 5.63 Å². The molecule has 0 radical (unpaired) electrons. The molecule has 0 saturated carbocycles. The number of para-hydroxylation sites is 1. The van der Waals surface area contributed by atoms with Gasteiger partial charge in [-0.3, -0.25) is 4.79 Å². The summed E-state index contributed by atoms with van der Waals surface area (Å²) in [5.41, 5.74) is 1.05. The zero-order valence-electron chi connectivity index (χ0n) is 17.5. The first-order valence-corrected chi connectivity index (χ1v) is 10.2. The molecule has 1 unspecified atom stereocenters. The molecule has 0 fully saturated rings. The fourth-order valence-corrected chi connectivity index (χ4v) is 4.66. The van der Waals surface area contributed by atoms with Gasteiger partial charge in [0.25, 0.3) is 0 Å². The van der Waals surface area contributed by atoms with Crippen LogP contribution in [0.25, 0.3) is 11.0 Å². The summed E-state index contributed by atoms with van der Waals surface area (Å²) in [5.74, 6) is 0.532. The highest BCUT2D eigenvalue weighted by Crippen LogP contribution is 2.51. The summed E-state index contributed by atoms with van der Waals surface area (Å²) in [6, 6.07) is 12.1. The first-order chi connectivity index (χ1) is 14.8. The van der Waals surface area contributed by atoms with Gasteiger partial charge in [-0.05, 0) is 35.2 Å². The number of benzene rings is 2. The van der Waals surface area contributed by atoms with Gasteiger partial charge < -0.3 is 19.0 Å². The van der Waals surface area contributed by atoms with Crippen molar-refractivity contribution < 1.29 is 23.8 Å². The van der Waals surface area contributed by atoms with Crippen molar-refractivity contribution in [3.05, 3.63) is 75.3 Å². The highest BCUT2D eigenvalue weighted by molar-refractivity contribution is 6.01. The minimum absolute atomic E-state index is 0.0191. The van der Waals surface area contributed by atoms with E-state index in [0.717, 1.165) is 0 Å². The highest BCUT2D eigenvalue weighted by Gasteiger charge is 2.44. The van der Waals surface area contributed by atoms with Gasteiger partial charge in [0.2, 0.25) is 0 Å². The summed E-state index contributed by atoms with van der Waals surface area (Å²) in [4.78, 5) is 26.4. The van der Waals surface area contributed by atoms with Crippen molar-refractivity contribution in [2.24, 2.45) is 5.41 Å². The molecule has 158 valence electrons. The van der Waals surface area contributed by atoms with E-state index >= 15 is 0 Å². The van der Waals surface area contributed by atoms with Crippen molar-refractivity contribution in [1.29, 1.82) is 0 Å². The Kier molecular flexibility index (Phi) is 4.22. The Balaban J connectivity index is 1.84. The second kappa shape index (κ2) is 6.74. The Hall–Kier alpha value is -3.54. The van der Waals surface area contributed by atoms with Crippen LogP contribution in [0.15, 0.2) is 63.0 Å². The minimum Gasteiger partial charge on any atom is -0.504 e. The van der Waals surface area contributed by atoms with E-state index in [2.05, 4.69) is 0 Å². The molecule has 0 saturated heterocycles. The Labute approximate surface area is 178 Å². The first-order valence-electron chi connectivity index (χ1n) is 10.2. The summed E-state index contributed by atoms with van der Waals surface area (Å²) in [6.45, 7) is 4.06. The van der Waals surface area contributed by atoms with Crippen LogP contribution in [0, 0.1) is 5.41 Å². The molecule has 1 aliphatic carbocycles. The van der Waals surface area contributed by atoms with Crippen LogP contribution in [-0.2, 0) is 4.79 Å². The zero-order valence-corrected chi connectivity index (χ0v) is 17.5. The molecule has 1 aromatic heterocycles. The molecule has 5 rings (SSSR count).